The molecule has 8 aromatic carbocycles. The van der Waals surface area contributed by atoms with Gasteiger partial charge in [-0.1, -0.05) is 140 Å². The number of para-hydroxylation sites is 1. The minimum absolute atomic E-state index is 0.679. The van der Waals surface area contributed by atoms with Crippen molar-refractivity contribution in [2.75, 3.05) is 0 Å². The first kappa shape index (κ1) is 29.1. The lowest BCUT2D eigenvalue weighted by molar-refractivity contribution is 0.673. The second-order valence-electron chi connectivity index (χ2n) is 13.3. The van der Waals surface area contributed by atoms with E-state index in [1.54, 1.807) is 0 Å². The highest BCUT2D eigenvalue weighted by molar-refractivity contribution is 7.25. The predicted octanol–water partition coefficient (Wildman–Crippen LogP) is 13.7. The highest BCUT2D eigenvalue weighted by atomic mass is 32.1. The molecule has 0 radical (unpaired) electrons. The molecule has 0 aliphatic rings. The van der Waals surface area contributed by atoms with Gasteiger partial charge in [-0.3, -0.25) is 0 Å². The van der Waals surface area contributed by atoms with E-state index in [4.69, 9.17) is 14.4 Å². The maximum atomic E-state index is 6.81. The molecule has 242 valence electrons. The SMILES string of the molecule is c1ccc(-c2cccc3c(-c4nc(-c5ccc6c(c5)sc5ccccc56)cc(-c5cccc6c5oc5c7ccccc7ccc65)n4)cccc23)cc1. The summed E-state index contributed by atoms with van der Waals surface area (Å²) < 4.78 is 9.34. The Labute approximate surface area is 303 Å². The molecule has 11 aromatic rings. The van der Waals surface area contributed by atoms with Crippen molar-refractivity contribution in [2.45, 2.75) is 0 Å². The monoisotopic (exact) mass is 680 g/mol. The fourth-order valence-corrected chi connectivity index (χ4v) is 8.99. The van der Waals surface area contributed by atoms with Crippen LogP contribution in [0.25, 0.3) is 109 Å². The summed E-state index contributed by atoms with van der Waals surface area (Å²) in [5, 5.41) is 9.26. The van der Waals surface area contributed by atoms with Gasteiger partial charge in [-0.05, 0) is 57.6 Å². The van der Waals surface area contributed by atoms with E-state index in [2.05, 4.69) is 170 Å². The first-order chi connectivity index (χ1) is 25.8. The molecule has 0 N–H and O–H groups in total. The van der Waals surface area contributed by atoms with E-state index in [9.17, 15) is 0 Å². The summed E-state index contributed by atoms with van der Waals surface area (Å²) in [7, 11) is 0. The number of hydrogen-bond acceptors (Lipinski definition) is 4. The Kier molecular flexibility index (Phi) is 6.42. The minimum Gasteiger partial charge on any atom is -0.455 e. The number of rotatable bonds is 4. The van der Waals surface area contributed by atoms with Gasteiger partial charge in [-0.25, -0.2) is 9.97 Å². The number of furan rings is 1. The molecule has 0 aliphatic heterocycles. The zero-order valence-electron chi connectivity index (χ0n) is 27.9. The lowest BCUT2D eigenvalue weighted by Crippen LogP contribution is -1.97. The number of fused-ring (bicyclic) bond motifs is 9. The number of benzene rings is 8. The first-order valence-electron chi connectivity index (χ1n) is 17.5. The predicted molar refractivity (Wildman–Crippen MR) is 219 cm³/mol. The van der Waals surface area contributed by atoms with Gasteiger partial charge in [0, 0.05) is 53.0 Å². The van der Waals surface area contributed by atoms with Crippen molar-refractivity contribution in [3.63, 3.8) is 0 Å². The lowest BCUT2D eigenvalue weighted by Gasteiger charge is -2.13. The third-order valence-corrected chi connectivity index (χ3v) is 11.4. The first-order valence-corrected chi connectivity index (χ1v) is 18.3. The van der Waals surface area contributed by atoms with Crippen LogP contribution in [-0.2, 0) is 0 Å². The summed E-state index contributed by atoms with van der Waals surface area (Å²) in [4.78, 5) is 10.7. The van der Waals surface area contributed by atoms with Crippen LogP contribution in [0, 0.1) is 0 Å². The van der Waals surface area contributed by atoms with Crippen LogP contribution in [0.2, 0.25) is 0 Å². The Hall–Kier alpha value is -6.62. The Morgan fingerprint density at radius 3 is 1.88 bits per heavy atom. The van der Waals surface area contributed by atoms with Gasteiger partial charge in [-0.15, -0.1) is 11.3 Å². The maximum Gasteiger partial charge on any atom is 0.161 e. The van der Waals surface area contributed by atoms with Gasteiger partial charge in [0.25, 0.3) is 0 Å². The maximum absolute atomic E-state index is 6.81. The van der Waals surface area contributed by atoms with Crippen LogP contribution in [0.3, 0.4) is 0 Å². The molecule has 0 saturated heterocycles. The number of aromatic nitrogens is 2. The van der Waals surface area contributed by atoms with Gasteiger partial charge < -0.3 is 4.42 Å². The average Bonchev–Trinajstić information content (AvgIpc) is 3.79. The summed E-state index contributed by atoms with van der Waals surface area (Å²) in [6.45, 7) is 0. The van der Waals surface area contributed by atoms with Crippen LogP contribution in [0.4, 0.5) is 0 Å². The molecule has 0 atom stereocenters. The van der Waals surface area contributed by atoms with Gasteiger partial charge in [0.05, 0.1) is 11.4 Å². The molecule has 0 unspecified atom stereocenters. The third-order valence-electron chi connectivity index (χ3n) is 10.3. The Morgan fingerprint density at radius 1 is 0.365 bits per heavy atom. The molecule has 3 heterocycles. The van der Waals surface area contributed by atoms with Gasteiger partial charge in [0.1, 0.15) is 11.2 Å². The van der Waals surface area contributed by atoms with Crippen LogP contribution < -0.4 is 0 Å². The second kappa shape index (κ2) is 11.5. The lowest BCUT2D eigenvalue weighted by atomic mass is 9.95. The van der Waals surface area contributed by atoms with E-state index in [1.165, 1.54) is 36.7 Å². The van der Waals surface area contributed by atoms with Crippen molar-refractivity contribution < 1.29 is 4.42 Å². The van der Waals surface area contributed by atoms with Crippen molar-refractivity contribution >= 4 is 75.0 Å². The zero-order chi connectivity index (χ0) is 34.2. The molecule has 0 bridgehead atoms. The molecule has 3 nitrogen and oxygen atoms in total. The van der Waals surface area contributed by atoms with Crippen LogP contribution in [0.5, 0.6) is 0 Å². The number of hydrogen-bond donors (Lipinski definition) is 0. The van der Waals surface area contributed by atoms with E-state index >= 15 is 0 Å². The summed E-state index contributed by atoms with van der Waals surface area (Å²) in [6.07, 6.45) is 0. The van der Waals surface area contributed by atoms with Crippen molar-refractivity contribution in [1.82, 2.24) is 9.97 Å². The molecule has 0 fully saturated rings. The molecule has 0 amide bonds. The molecule has 0 spiro atoms. The summed E-state index contributed by atoms with van der Waals surface area (Å²) in [5.41, 5.74) is 8.77. The zero-order valence-corrected chi connectivity index (χ0v) is 28.7. The summed E-state index contributed by atoms with van der Waals surface area (Å²) in [6, 6.07) is 60.1. The number of nitrogens with zero attached hydrogens (tertiary/aromatic N) is 2. The van der Waals surface area contributed by atoms with Crippen molar-refractivity contribution in [3.8, 4) is 45.0 Å². The molecule has 0 saturated carbocycles. The molecule has 0 aliphatic carbocycles. The van der Waals surface area contributed by atoms with Crippen molar-refractivity contribution in [1.29, 1.82) is 0 Å². The fourth-order valence-electron chi connectivity index (χ4n) is 7.84. The molecule has 11 rings (SSSR count). The summed E-state index contributed by atoms with van der Waals surface area (Å²) in [5.74, 6) is 0.679. The normalized spacial score (nSPS) is 11.8. The Bertz CT molecular complexity index is 3190. The van der Waals surface area contributed by atoms with Crippen LogP contribution >= 0.6 is 11.3 Å². The minimum atomic E-state index is 0.679. The Balaban J connectivity index is 1.17. The topological polar surface area (TPSA) is 38.9 Å². The van der Waals surface area contributed by atoms with E-state index in [1.807, 2.05) is 11.3 Å². The van der Waals surface area contributed by atoms with E-state index in [0.717, 1.165) is 66.2 Å². The highest BCUT2D eigenvalue weighted by Gasteiger charge is 2.19. The standard InChI is InChI=1S/C48H28N2OS/c1-2-11-29(12-3-1)32-16-8-18-35-34(32)17-9-20-40(35)48-49-42(31-24-25-37-36-15-6-7-22-44(36)52-45(37)27-31)28-43(50-48)41-21-10-19-38-39-26-23-30-13-4-5-14-33(30)46(39)51-47(38)41/h1-28H. The van der Waals surface area contributed by atoms with E-state index < -0.39 is 0 Å². The van der Waals surface area contributed by atoms with Crippen LogP contribution in [-0.4, -0.2) is 9.97 Å². The van der Waals surface area contributed by atoms with Crippen LogP contribution in [0.1, 0.15) is 0 Å². The van der Waals surface area contributed by atoms with Crippen molar-refractivity contribution in [2.24, 2.45) is 0 Å². The molecular formula is C48H28N2OS. The van der Waals surface area contributed by atoms with Gasteiger partial charge in [-0.2, -0.15) is 0 Å². The summed E-state index contributed by atoms with van der Waals surface area (Å²) >= 11 is 1.82. The average molecular weight is 681 g/mol. The van der Waals surface area contributed by atoms with Gasteiger partial charge >= 0.3 is 0 Å². The molecular weight excluding hydrogens is 653 g/mol. The third kappa shape index (κ3) is 4.51. The molecule has 52 heavy (non-hydrogen) atoms. The van der Waals surface area contributed by atoms with E-state index in [0.29, 0.717) is 5.82 Å². The van der Waals surface area contributed by atoms with Gasteiger partial charge in [0.15, 0.2) is 5.82 Å². The molecule has 3 aromatic heterocycles. The second-order valence-corrected chi connectivity index (χ2v) is 14.4. The van der Waals surface area contributed by atoms with Crippen molar-refractivity contribution in [3.05, 3.63) is 170 Å². The van der Waals surface area contributed by atoms with Crippen LogP contribution in [0.15, 0.2) is 174 Å². The van der Waals surface area contributed by atoms with Gasteiger partial charge in [0.2, 0.25) is 0 Å². The smallest absolute Gasteiger partial charge is 0.161 e. The largest absolute Gasteiger partial charge is 0.455 e. The fraction of sp³-hybridized carbons (Fsp3) is 0. The highest BCUT2D eigenvalue weighted by Crippen LogP contribution is 2.42. The quantitative estimate of drug-likeness (QED) is 0.186. The molecule has 4 heteroatoms. The number of thiophene rings is 1. The Morgan fingerprint density at radius 2 is 1.00 bits per heavy atom. The van der Waals surface area contributed by atoms with E-state index in [-0.39, 0.29) is 0 Å².